The Balaban J connectivity index is 1.91. The standard InChI is InChI=1S/C20H16O2/c1-20-8-4-7-14-11-22-19(17(14)20)18(21)15-9-12-5-2-3-6-13(12)10-16(15)20/h2-3,5-6,9-11H,4,7-8H2,1H3. The molecule has 0 amide bonds. The van der Waals surface area contributed by atoms with Crippen LogP contribution in [0.15, 0.2) is 47.1 Å². The summed E-state index contributed by atoms with van der Waals surface area (Å²) in [6, 6.07) is 12.5. The summed E-state index contributed by atoms with van der Waals surface area (Å²) < 4.78 is 5.69. The lowest BCUT2D eigenvalue weighted by molar-refractivity contribution is 0.0998. The van der Waals surface area contributed by atoms with Gasteiger partial charge in [0.25, 0.3) is 0 Å². The summed E-state index contributed by atoms with van der Waals surface area (Å²) in [7, 11) is 0. The van der Waals surface area contributed by atoms with Gasteiger partial charge in [-0.2, -0.15) is 0 Å². The number of hydrogen-bond donors (Lipinski definition) is 0. The minimum absolute atomic E-state index is 0.0429. The molecule has 0 saturated heterocycles. The lowest BCUT2D eigenvalue weighted by Gasteiger charge is -2.38. The van der Waals surface area contributed by atoms with Gasteiger partial charge in [-0.1, -0.05) is 31.2 Å². The fourth-order valence-electron chi connectivity index (χ4n) is 4.38. The fraction of sp³-hybridized carbons (Fsp3) is 0.250. The molecular formula is C20H16O2. The van der Waals surface area contributed by atoms with Crippen LogP contribution in [-0.2, 0) is 11.8 Å². The van der Waals surface area contributed by atoms with Crippen molar-refractivity contribution >= 4 is 16.6 Å². The predicted octanol–water partition coefficient (Wildman–Crippen LogP) is 4.62. The molecular weight excluding hydrogens is 272 g/mol. The van der Waals surface area contributed by atoms with Crippen molar-refractivity contribution < 1.29 is 9.21 Å². The average molecular weight is 288 g/mol. The molecule has 0 radical (unpaired) electrons. The molecule has 3 aromatic rings. The first-order valence-electron chi connectivity index (χ1n) is 7.87. The van der Waals surface area contributed by atoms with E-state index in [0.29, 0.717) is 5.76 Å². The number of ketones is 1. The molecule has 2 aromatic carbocycles. The highest BCUT2D eigenvalue weighted by Gasteiger charge is 2.45. The maximum Gasteiger partial charge on any atom is 0.228 e. The molecule has 5 rings (SSSR count). The Labute approximate surface area is 128 Å². The Morgan fingerprint density at radius 1 is 1.14 bits per heavy atom. The first kappa shape index (κ1) is 12.2. The third kappa shape index (κ3) is 1.33. The number of carbonyl (C=O) groups excluding carboxylic acids is 1. The SMILES string of the molecule is CC12CCCc3coc(c31)C(=O)c1cc3ccccc3cc12. The van der Waals surface area contributed by atoms with Crippen LogP contribution in [0.4, 0.5) is 0 Å². The minimum Gasteiger partial charge on any atom is -0.460 e. The van der Waals surface area contributed by atoms with Crippen molar-refractivity contribution in [2.45, 2.75) is 31.6 Å². The lowest BCUT2D eigenvalue weighted by Crippen LogP contribution is -2.35. The quantitative estimate of drug-likeness (QED) is 0.604. The van der Waals surface area contributed by atoms with E-state index in [2.05, 4.69) is 31.2 Å². The fourth-order valence-corrected chi connectivity index (χ4v) is 4.38. The summed E-state index contributed by atoms with van der Waals surface area (Å²) in [6.07, 6.45) is 5.03. The second kappa shape index (κ2) is 3.89. The molecule has 1 aromatic heterocycles. The predicted molar refractivity (Wildman–Crippen MR) is 85.5 cm³/mol. The summed E-state index contributed by atoms with van der Waals surface area (Å²) >= 11 is 0. The topological polar surface area (TPSA) is 30.2 Å². The van der Waals surface area contributed by atoms with Gasteiger partial charge in [-0.25, -0.2) is 0 Å². The highest BCUT2D eigenvalue weighted by atomic mass is 16.3. The van der Waals surface area contributed by atoms with Crippen molar-refractivity contribution in [2.75, 3.05) is 0 Å². The summed E-state index contributed by atoms with van der Waals surface area (Å²) in [5, 5.41) is 2.32. The second-order valence-electron chi connectivity index (χ2n) is 6.72. The molecule has 108 valence electrons. The van der Waals surface area contributed by atoms with Crippen LogP contribution in [0.5, 0.6) is 0 Å². The van der Waals surface area contributed by atoms with Gasteiger partial charge in [0.15, 0.2) is 5.76 Å². The van der Waals surface area contributed by atoms with Crippen LogP contribution in [-0.4, -0.2) is 5.78 Å². The lowest BCUT2D eigenvalue weighted by atomic mass is 9.63. The normalized spacial score (nSPS) is 22.5. The Bertz CT molecular complexity index is 947. The smallest absolute Gasteiger partial charge is 0.228 e. The van der Waals surface area contributed by atoms with Crippen LogP contribution < -0.4 is 0 Å². The molecule has 1 atom stereocenters. The molecule has 2 heteroatoms. The van der Waals surface area contributed by atoms with Crippen LogP contribution in [0.2, 0.25) is 0 Å². The van der Waals surface area contributed by atoms with Crippen molar-refractivity contribution in [1.29, 1.82) is 0 Å². The van der Waals surface area contributed by atoms with E-state index in [0.717, 1.165) is 35.8 Å². The van der Waals surface area contributed by atoms with E-state index in [1.807, 2.05) is 12.1 Å². The van der Waals surface area contributed by atoms with Crippen LogP contribution in [0.1, 0.15) is 52.6 Å². The second-order valence-corrected chi connectivity index (χ2v) is 6.72. The summed E-state index contributed by atoms with van der Waals surface area (Å²) in [5.41, 5.74) is 4.26. The zero-order valence-electron chi connectivity index (χ0n) is 12.5. The number of fused-ring (bicyclic) bond motifs is 3. The Hall–Kier alpha value is -2.35. The molecule has 1 heterocycles. The molecule has 2 aliphatic carbocycles. The zero-order chi connectivity index (χ0) is 14.9. The molecule has 0 bridgehead atoms. The third-order valence-corrected chi connectivity index (χ3v) is 5.47. The average Bonchev–Trinajstić information content (AvgIpc) is 2.98. The molecule has 22 heavy (non-hydrogen) atoms. The van der Waals surface area contributed by atoms with Crippen molar-refractivity contribution in [3.8, 4) is 0 Å². The van der Waals surface area contributed by atoms with Crippen molar-refractivity contribution in [3.63, 3.8) is 0 Å². The number of hydrogen-bond acceptors (Lipinski definition) is 2. The van der Waals surface area contributed by atoms with E-state index >= 15 is 0 Å². The first-order chi connectivity index (χ1) is 10.7. The van der Waals surface area contributed by atoms with Crippen molar-refractivity contribution in [3.05, 3.63) is 70.7 Å². The van der Waals surface area contributed by atoms with Gasteiger partial charge in [0.2, 0.25) is 5.78 Å². The van der Waals surface area contributed by atoms with Gasteiger partial charge >= 0.3 is 0 Å². The first-order valence-corrected chi connectivity index (χ1v) is 7.87. The molecule has 0 aliphatic heterocycles. The van der Waals surface area contributed by atoms with Crippen LogP contribution in [0, 0.1) is 0 Å². The van der Waals surface area contributed by atoms with E-state index in [4.69, 9.17) is 4.42 Å². The van der Waals surface area contributed by atoms with E-state index in [1.165, 1.54) is 16.5 Å². The molecule has 0 N–H and O–H groups in total. The molecule has 2 aliphatic rings. The van der Waals surface area contributed by atoms with E-state index in [1.54, 1.807) is 6.26 Å². The van der Waals surface area contributed by atoms with Gasteiger partial charge < -0.3 is 4.42 Å². The molecule has 2 nitrogen and oxygen atoms in total. The molecule has 0 fully saturated rings. The highest BCUT2D eigenvalue weighted by Crippen LogP contribution is 2.50. The van der Waals surface area contributed by atoms with E-state index in [-0.39, 0.29) is 11.2 Å². The van der Waals surface area contributed by atoms with E-state index in [9.17, 15) is 4.79 Å². The maximum absolute atomic E-state index is 12.9. The van der Waals surface area contributed by atoms with Crippen LogP contribution in [0.3, 0.4) is 0 Å². The molecule has 0 saturated carbocycles. The Kier molecular flexibility index (Phi) is 2.16. The summed E-state index contributed by atoms with van der Waals surface area (Å²) in [6.45, 7) is 2.27. The molecule has 1 unspecified atom stereocenters. The maximum atomic E-state index is 12.9. The van der Waals surface area contributed by atoms with Gasteiger partial charge in [0, 0.05) is 16.5 Å². The zero-order valence-corrected chi connectivity index (χ0v) is 12.5. The third-order valence-electron chi connectivity index (χ3n) is 5.47. The summed E-state index contributed by atoms with van der Waals surface area (Å²) in [4.78, 5) is 12.9. The number of aryl methyl sites for hydroxylation is 1. The van der Waals surface area contributed by atoms with Gasteiger partial charge in [0.05, 0.1) is 6.26 Å². The minimum atomic E-state index is -0.0941. The summed E-state index contributed by atoms with van der Waals surface area (Å²) in [5.74, 6) is 0.612. The number of benzene rings is 2. The Morgan fingerprint density at radius 3 is 2.73 bits per heavy atom. The van der Waals surface area contributed by atoms with Gasteiger partial charge in [0.1, 0.15) is 0 Å². The van der Waals surface area contributed by atoms with Gasteiger partial charge in [-0.15, -0.1) is 0 Å². The largest absolute Gasteiger partial charge is 0.460 e. The van der Waals surface area contributed by atoms with Crippen molar-refractivity contribution in [2.24, 2.45) is 0 Å². The van der Waals surface area contributed by atoms with Crippen molar-refractivity contribution in [1.82, 2.24) is 0 Å². The van der Waals surface area contributed by atoms with Gasteiger partial charge in [-0.05, 0) is 53.3 Å². The van der Waals surface area contributed by atoms with Gasteiger partial charge in [-0.3, -0.25) is 4.79 Å². The highest BCUT2D eigenvalue weighted by molar-refractivity contribution is 6.13. The number of carbonyl (C=O) groups is 1. The number of furan rings is 1. The van der Waals surface area contributed by atoms with E-state index < -0.39 is 0 Å². The monoisotopic (exact) mass is 288 g/mol. The number of rotatable bonds is 0. The Morgan fingerprint density at radius 2 is 1.91 bits per heavy atom. The van der Waals surface area contributed by atoms with Crippen LogP contribution in [0.25, 0.3) is 10.8 Å². The molecule has 0 spiro atoms. The van der Waals surface area contributed by atoms with Crippen LogP contribution >= 0.6 is 0 Å².